The molecule has 2 rings (SSSR count). The van der Waals surface area contributed by atoms with E-state index in [2.05, 4.69) is 50.4 Å². The highest BCUT2D eigenvalue weighted by Crippen LogP contribution is 2.36. The number of benzene rings is 1. The van der Waals surface area contributed by atoms with E-state index in [1.54, 1.807) is 5.56 Å². The third-order valence-electron chi connectivity index (χ3n) is 4.53. The highest BCUT2D eigenvalue weighted by Gasteiger charge is 2.19. The Morgan fingerprint density at radius 3 is 2.37 bits per heavy atom. The molecule has 0 radical (unpaired) electrons. The summed E-state index contributed by atoms with van der Waals surface area (Å²) in [4.78, 5) is 0. The largest absolute Gasteiger partial charge is 0.314 e. The van der Waals surface area contributed by atoms with E-state index < -0.39 is 0 Å². The molecule has 0 amide bonds. The Bertz CT molecular complexity index is 364. The summed E-state index contributed by atoms with van der Waals surface area (Å²) in [5.41, 5.74) is 3.05. The average Bonchev–Trinajstić information content (AvgIpc) is 2.35. The minimum Gasteiger partial charge on any atom is -0.314 e. The summed E-state index contributed by atoms with van der Waals surface area (Å²) in [6, 6.07) is 10.0. The normalized spacial score (nSPS) is 18.9. The van der Waals surface area contributed by atoms with Gasteiger partial charge in [0.1, 0.15) is 0 Å². The average molecular weight is 259 g/mol. The number of hydrogen-bond acceptors (Lipinski definition) is 1. The van der Waals surface area contributed by atoms with Gasteiger partial charge in [-0.3, -0.25) is 0 Å². The van der Waals surface area contributed by atoms with Crippen molar-refractivity contribution >= 4 is 0 Å². The van der Waals surface area contributed by atoms with E-state index in [1.807, 2.05) is 0 Å². The fourth-order valence-electron chi connectivity index (χ4n) is 2.98. The summed E-state index contributed by atoms with van der Waals surface area (Å²) < 4.78 is 0. The molecule has 0 saturated heterocycles. The van der Waals surface area contributed by atoms with Crippen LogP contribution in [-0.4, -0.2) is 12.6 Å². The van der Waals surface area contributed by atoms with Crippen molar-refractivity contribution in [3.63, 3.8) is 0 Å². The lowest BCUT2D eigenvalue weighted by Gasteiger charge is -2.26. The predicted octanol–water partition coefficient (Wildman–Crippen LogP) is 4.84. The Kier molecular flexibility index (Phi) is 5.45. The summed E-state index contributed by atoms with van der Waals surface area (Å²) in [5.74, 6) is 1.50. The third kappa shape index (κ3) is 4.07. The number of nitrogens with one attached hydrogen (secondary N) is 1. The van der Waals surface area contributed by atoms with E-state index >= 15 is 0 Å². The van der Waals surface area contributed by atoms with Crippen LogP contribution in [0, 0.1) is 0 Å². The molecule has 1 nitrogen and oxygen atoms in total. The molecule has 1 heteroatoms. The Hall–Kier alpha value is -0.820. The van der Waals surface area contributed by atoms with Crippen LogP contribution in [0.2, 0.25) is 0 Å². The van der Waals surface area contributed by atoms with Crippen molar-refractivity contribution < 1.29 is 0 Å². The molecule has 1 N–H and O–H groups in total. The number of rotatable bonds is 7. The van der Waals surface area contributed by atoms with Crippen molar-refractivity contribution in [1.29, 1.82) is 0 Å². The van der Waals surface area contributed by atoms with Crippen molar-refractivity contribution in [3.8, 4) is 0 Å². The summed E-state index contributed by atoms with van der Waals surface area (Å²) in [5, 5.41) is 3.58. The molecule has 0 heterocycles. The highest BCUT2D eigenvalue weighted by molar-refractivity contribution is 5.28. The van der Waals surface area contributed by atoms with Crippen LogP contribution in [0.3, 0.4) is 0 Å². The molecule has 1 fully saturated rings. The van der Waals surface area contributed by atoms with Crippen LogP contribution < -0.4 is 5.32 Å². The Labute approximate surface area is 118 Å². The Morgan fingerprint density at radius 2 is 1.84 bits per heavy atom. The van der Waals surface area contributed by atoms with Crippen LogP contribution in [0.15, 0.2) is 24.3 Å². The van der Waals surface area contributed by atoms with E-state index in [-0.39, 0.29) is 0 Å². The second-order valence-electron chi connectivity index (χ2n) is 6.29. The fourth-order valence-corrected chi connectivity index (χ4v) is 2.98. The molecule has 2 atom stereocenters. The van der Waals surface area contributed by atoms with E-state index in [1.165, 1.54) is 37.7 Å². The van der Waals surface area contributed by atoms with Gasteiger partial charge < -0.3 is 5.32 Å². The van der Waals surface area contributed by atoms with Gasteiger partial charge in [-0.05, 0) is 62.1 Å². The van der Waals surface area contributed by atoms with Gasteiger partial charge in [0, 0.05) is 6.04 Å². The molecule has 106 valence electrons. The van der Waals surface area contributed by atoms with Crippen molar-refractivity contribution in [3.05, 3.63) is 35.4 Å². The maximum Gasteiger partial charge on any atom is 0.00444 e. The van der Waals surface area contributed by atoms with Gasteiger partial charge in [-0.25, -0.2) is 0 Å². The summed E-state index contributed by atoms with van der Waals surface area (Å²) in [7, 11) is 0. The molecule has 2 unspecified atom stereocenters. The van der Waals surface area contributed by atoms with Crippen LogP contribution in [0.25, 0.3) is 0 Å². The molecular formula is C18H29N. The molecule has 1 aromatic rings. The summed E-state index contributed by atoms with van der Waals surface area (Å²) >= 11 is 0. The second-order valence-corrected chi connectivity index (χ2v) is 6.29. The standard InChI is InChI=1S/C18H29N/c1-4-12-19-15(3)13-14(2)16-8-10-18(11-9-16)17-6-5-7-17/h8-11,14-15,17,19H,4-7,12-13H2,1-3H3. The zero-order valence-corrected chi connectivity index (χ0v) is 12.8. The molecule has 19 heavy (non-hydrogen) atoms. The topological polar surface area (TPSA) is 12.0 Å². The van der Waals surface area contributed by atoms with E-state index in [4.69, 9.17) is 0 Å². The van der Waals surface area contributed by atoms with E-state index in [0.717, 1.165) is 12.5 Å². The molecule has 1 aliphatic carbocycles. The minimum atomic E-state index is 0.612. The molecule has 0 spiro atoms. The van der Waals surface area contributed by atoms with Gasteiger partial charge in [0.05, 0.1) is 0 Å². The number of hydrogen-bond donors (Lipinski definition) is 1. The van der Waals surface area contributed by atoms with Crippen molar-refractivity contribution in [2.75, 3.05) is 6.54 Å². The maximum atomic E-state index is 3.58. The minimum absolute atomic E-state index is 0.612. The van der Waals surface area contributed by atoms with Gasteiger partial charge in [-0.1, -0.05) is 44.5 Å². The molecule has 0 aromatic heterocycles. The molecule has 0 bridgehead atoms. The lowest BCUT2D eigenvalue weighted by molar-refractivity contribution is 0.419. The Morgan fingerprint density at radius 1 is 1.16 bits per heavy atom. The first-order valence-electron chi connectivity index (χ1n) is 8.04. The lowest BCUT2D eigenvalue weighted by atomic mass is 9.79. The smallest absolute Gasteiger partial charge is 0.00444 e. The van der Waals surface area contributed by atoms with E-state index in [0.29, 0.717) is 12.0 Å². The lowest BCUT2D eigenvalue weighted by Crippen LogP contribution is -2.28. The second kappa shape index (κ2) is 7.09. The van der Waals surface area contributed by atoms with Crippen LogP contribution >= 0.6 is 0 Å². The zero-order valence-electron chi connectivity index (χ0n) is 12.8. The van der Waals surface area contributed by atoms with E-state index in [9.17, 15) is 0 Å². The van der Waals surface area contributed by atoms with Crippen molar-refractivity contribution in [1.82, 2.24) is 5.32 Å². The molecule has 1 aliphatic rings. The van der Waals surface area contributed by atoms with Gasteiger partial charge in [0.2, 0.25) is 0 Å². The van der Waals surface area contributed by atoms with Crippen LogP contribution in [0.4, 0.5) is 0 Å². The maximum absolute atomic E-state index is 3.58. The van der Waals surface area contributed by atoms with Crippen LogP contribution in [0.5, 0.6) is 0 Å². The van der Waals surface area contributed by atoms with Crippen molar-refractivity contribution in [2.24, 2.45) is 0 Å². The van der Waals surface area contributed by atoms with Crippen LogP contribution in [0.1, 0.15) is 75.8 Å². The Balaban J connectivity index is 1.86. The van der Waals surface area contributed by atoms with Crippen molar-refractivity contribution in [2.45, 2.75) is 70.8 Å². The van der Waals surface area contributed by atoms with Gasteiger partial charge in [-0.15, -0.1) is 0 Å². The van der Waals surface area contributed by atoms with Crippen LogP contribution in [-0.2, 0) is 0 Å². The monoisotopic (exact) mass is 259 g/mol. The summed E-state index contributed by atoms with van der Waals surface area (Å²) in [6.45, 7) is 8.01. The predicted molar refractivity (Wildman–Crippen MR) is 83.8 cm³/mol. The fraction of sp³-hybridized carbons (Fsp3) is 0.667. The molecule has 1 aromatic carbocycles. The highest BCUT2D eigenvalue weighted by atomic mass is 14.9. The first-order valence-corrected chi connectivity index (χ1v) is 8.04. The van der Waals surface area contributed by atoms with Gasteiger partial charge >= 0.3 is 0 Å². The van der Waals surface area contributed by atoms with Gasteiger partial charge in [0.15, 0.2) is 0 Å². The molecule has 0 aliphatic heterocycles. The quantitative estimate of drug-likeness (QED) is 0.739. The zero-order chi connectivity index (χ0) is 13.7. The molecule has 1 saturated carbocycles. The SMILES string of the molecule is CCCNC(C)CC(C)c1ccc(C2CCC2)cc1. The first-order chi connectivity index (χ1) is 9.20. The molecular weight excluding hydrogens is 230 g/mol. The first kappa shape index (κ1) is 14.6. The van der Waals surface area contributed by atoms with Gasteiger partial charge in [-0.2, -0.15) is 0 Å². The van der Waals surface area contributed by atoms with Gasteiger partial charge in [0.25, 0.3) is 0 Å². The summed E-state index contributed by atoms with van der Waals surface area (Å²) in [6.07, 6.45) is 6.65. The third-order valence-corrected chi connectivity index (χ3v) is 4.53.